The van der Waals surface area contributed by atoms with Gasteiger partial charge in [-0.25, -0.2) is 0 Å². The van der Waals surface area contributed by atoms with Crippen molar-refractivity contribution in [1.29, 1.82) is 0 Å². The van der Waals surface area contributed by atoms with Crippen molar-refractivity contribution in [3.63, 3.8) is 0 Å². The Morgan fingerprint density at radius 2 is 2.23 bits per heavy atom. The summed E-state index contributed by atoms with van der Waals surface area (Å²) in [6.07, 6.45) is 4.34. The quantitative estimate of drug-likeness (QED) is 0.679. The molecule has 3 atom stereocenters. The fraction of sp³-hybridized carbons (Fsp3) is 0.800. The normalized spacial score (nSPS) is 30.8. The summed E-state index contributed by atoms with van der Waals surface area (Å²) in [5.74, 6) is -0.626. The van der Waals surface area contributed by atoms with E-state index in [1.807, 2.05) is 6.92 Å². The molecule has 3 nitrogen and oxygen atoms in total. The Balaban J connectivity index is 2.50. The summed E-state index contributed by atoms with van der Waals surface area (Å²) in [7, 11) is 0. The van der Waals surface area contributed by atoms with Crippen molar-refractivity contribution in [2.24, 2.45) is 17.8 Å². The Morgan fingerprint density at radius 3 is 2.77 bits per heavy atom. The highest BCUT2D eigenvalue weighted by atomic mass is 16.4. The van der Waals surface area contributed by atoms with Gasteiger partial charge in [-0.05, 0) is 25.2 Å². The molecule has 0 aromatic carbocycles. The standard InChI is InChI=1S/C10H16O3/c1-7(6-11)8-3-2-4-9(5-8)10(12)13/h6-9H,2-5H2,1H3,(H,12,13). The van der Waals surface area contributed by atoms with E-state index in [1.54, 1.807) is 0 Å². The van der Waals surface area contributed by atoms with Crippen LogP contribution in [-0.4, -0.2) is 17.4 Å². The van der Waals surface area contributed by atoms with E-state index in [1.165, 1.54) is 0 Å². The molecule has 1 aliphatic carbocycles. The van der Waals surface area contributed by atoms with Crippen LogP contribution < -0.4 is 0 Å². The third kappa shape index (κ3) is 2.54. The van der Waals surface area contributed by atoms with Gasteiger partial charge >= 0.3 is 5.97 Å². The molecular weight excluding hydrogens is 168 g/mol. The zero-order valence-electron chi connectivity index (χ0n) is 7.90. The van der Waals surface area contributed by atoms with Crippen LogP contribution in [0.5, 0.6) is 0 Å². The predicted molar refractivity (Wildman–Crippen MR) is 48.3 cm³/mol. The molecule has 0 amide bonds. The van der Waals surface area contributed by atoms with Gasteiger partial charge < -0.3 is 9.90 Å². The van der Waals surface area contributed by atoms with Gasteiger partial charge in [0.2, 0.25) is 0 Å². The van der Waals surface area contributed by atoms with E-state index in [0.29, 0.717) is 6.42 Å². The zero-order chi connectivity index (χ0) is 9.84. The minimum atomic E-state index is -0.706. The lowest BCUT2D eigenvalue weighted by Crippen LogP contribution is -2.26. The molecule has 0 bridgehead atoms. The Labute approximate surface area is 78.1 Å². The summed E-state index contributed by atoms with van der Waals surface area (Å²) in [6.45, 7) is 1.88. The molecule has 13 heavy (non-hydrogen) atoms. The second kappa shape index (κ2) is 4.40. The molecule has 0 aromatic heterocycles. The molecule has 1 fully saturated rings. The highest BCUT2D eigenvalue weighted by Gasteiger charge is 2.29. The summed E-state index contributed by atoms with van der Waals surface area (Å²) < 4.78 is 0. The van der Waals surface area contributed by atoms with E-state index in [-0.39, 0.29) is 17.8 Å². The van der Waals surface area contributed by atoms with E-state index < -0.39 is 5.97 Å². The molecule has 0 spiro atoms. The molecule has 1 N–H and O–H groups in total. The number of carbonyl (C=O) groups is 2. The Bertz CT molecular complexity index is 200. The van der Waals surface area contributed by atoms with Crippen molar-refractivity contribution in [1.82, 2.24) is 0 Å². The first-order valence-electron chi connectivity index (χ1n) is 4.83. The van der Waals surface area contributed by atoms with Crippen LogP contribution in [0.4, 0.5) is 0 Å². The Hall–Kier alpha value is -0.860. The maximum absolute atomic E-state index is 10.7. The molecule has 3 heteroatoms. The van der Waals surface area contributed by atoms with E-state index >= 15 is 0 Å². The maximum atomic E-state index is 10.7. The van der Waals surface area contributed by atoms with Crippen LogP contribution in [0, 0.1) is 17.8 Å². The number of carboxylic acid groups (broad SMARTS) is 1. The molecule has 0 radical (unpaired) electrons. The predicted octanol–water partition coefficient (Wildman–Crippen LogP) is 1.71. The molecule has 1 aliphatic rings. The number of carbonyl (C=O) groups excluding carboxylic acids is 1. The highest BCUT2D eigenvalue weighted by Crippen LogP contribution is 2.33. The largest absolute Gasteiger partial charge is 0.481 e. The number of carboxylic acids is 1. The number of hydrogen-bond donors (Lipinski definition) is 1. The van der Waals surface area contributed by atoms with Crippen LogP contribution >= 0.6 is 0 Å². The van der Waals surface area contributed by atoms with Gasteiger partial charge in [-0.1, -0.05) is 13.3 Å². The van der Waals surface area contributed by atoms with E-state index in [4.69, 9.17) is 5.11 Å². The highest BCUT2D eigenvalue weighted by molar-refractivity contribution is 5.70. The lowest BCUT2D eigenvalue weighted by Gasteiger charge is -2.28. The number of hydrogen-bond acceptors (Lipinski definition) is 2. The third-order valence-electron chi connectivity index (χ3n) is 3.02. The van der Waals surface area contributed by atoms with Crippen molar-refractivity contribution in [3.8, 4) is 0 Å². The van der Waals surface area contributed by atoms with Gasteiger partial charge in [-0.15, -0.1) is 0 Å². The summed E-state index contributed by atoms with van der Waals surface area (Å²) in [5.41, 5.74) is 0. The Kier molecular flexibility index (Phi) is 3.46. The van der Waals surface area contributed by atoms with Crippen LogP contribution in [0.25, 0.3) is 0 Å². The van der Waals surface area contributed by atoms with Crippen LogP contribution in [0.2, 0.25) is 0 Å². The molecular formula is C10H16O3. The van der Waals surface area contributed by atoms with E-state index in [9.17, 15) is 9.59 Å². The first-order valence-corrected chi connectivity index (χ1v) is 4.83. The van der Waals surface area contributed by atoms with E-state index in [0.717, 1.165) is 25.5 Å². The van der Waals surface area contributed by atoms with Gasteiger partial charge in [0.25, 0.3) is 0 Å². The minimum absolute atomic E-state index is 0.0159. The average molecular weight is 184 g/mol. The van der Waals surface area contributed by atoms with Crippen LogP contribution in [0.3, 0.4) is 0 Å². The fourth-order valence-electron chi connectivity index (χ4n) is 2.04. The molecule has 1 rings (SSSR count). The second-order valence-corrected chi connectivity index (χ2v) is 3.96. The fourth-order valence-corrected chi connectivity index (χ4v) is 2.04. The summed E-state index contributed by atoms with van der Waals surface area (Å²) in [4.78, 5) is 21.3. The van der Waals surface area contributed by atoms with Crippen LogP contribution in [-0.2, 0) is 9.59 Å². The van der Waals surface area contributed by atoms with Gasteiger partial charge in [0.15, 0.2) is 0 Å². The smallest absolute Gasteiger partial charge is 0.306 e. The average Bonchev–Trinajstić information content (AvgIpc) is 2.17. The third-order valence-corrected chi connectivity index (χ3v) is 3.02. The first-order chi connectivity index (χ1) is 6.15. The molecule has 1 saturated carbocycles. The molecule has 0 heterocycles. The van der Waals surface area contributed by atoms with Crippen molar-refractivity contribution in [2.45, 2.75) is 32.6 Å². The summed E-state index contributed by atoms with van der Waals surface area (Å²) >= 11 is 0. The molecule has 0 aromatic rings. The molecule has 74 valence electrons. The van der Waals surface area contributed by atoms with Gasteiger partial charge in [0, 0.05) is 5.92 Å². The number of rotatable bonds is 3. The summed E-state index contributed by atoms with van der Waals surface area (Å²) in [5, 5.41) is 8.82. The first kappa shape index (κ1) is 10.2. The SMILES string of the molecule is CC(C=O)C1CCCC(C(=O)O)C1. The topological polar surface area (TPSA) is 54.4 Å². The number of aldehydes is 1. The molecule has 0 aliphatic heterocycles. The van der Waals surface area contributed by atoms with Crippen LogP contribution in [0.1, 0.15) is 32.6 Å². The monoisotopic (exact) mass is 184 g/mol. The number of aliphatic carboxylic acids is 1. The lowest BCUT2D eigenvalue weighted by atomic mass is 9.76. The minimum Gasteiger partial charge on any atom is -0.481 e. The summed E-state index contributed by atoms with van der Waals surface area (Å²) in [6, 6.07) is 0. The van der Waals surface area contributed by atoms with Crippen molar-refractivity contribution in [3.05, 3.63) is 0 Å². The molecule has 3 unspecified atom stereocenters. The maximum Gasteiger partial charge on any atom is 0.306 e. The van der Waals surface area contributed by atoms with Crippen LogP contribution in [0.15, 0.2) is 0 Å². The van der Waals surface area contributed by atoms with Crippen molar-refractivity contribution < 1.29 is 14.7 Å². The second-order valence-electron chi connectivity index (χ2n) is 3.96. The molecule has 0 saturated heterocycles. The zero-order valence-corrected chi connectivity index (χ0v) is 7.90. The Morgan fingerprint density at radius 1 is 1.54 bits per heavy atom. The van der Waals surface area contributed by atoms with Gasteiger partial charge in [0.1, 0.15) is 6.29 Å². The lowest BCUT2D eigenvalue weighted by molar-refractivity contribution is -0.143. The van der Waals surface area contributed by atoms with Gasteiger partial charge in [-0.2, -0.15) is 0 Å². The van der Waals surface area contributed by atoms with Gasteiger partial charge in [-0.3, -0.25) is 4.79 Å². The van der Waals surface area contributed by atoms with Crippen molar-refractivity contribution in [2.75, 3.05) is 0 Å². The van der Waals surface area contributed by atoms with E-state index in [2.05, 4.69) is 0 Å². The van der Waals surface area contributed by atoms with Gasteiger partial charge in [0.05, 0.1) is 5.92 Å². The van der Waals surface area contributed by atoms with Crippen molar-refractivity contribution >= 4 is 12.3 Å².